The molecule has 0 aliphatic carbocycles. The van der Waals surface area contributed by atoms with Gasteiger partial charge in [0.15, 0.2) is 0 Å². The van der Waals surface area contributed by atoms with E-state index in [1.54, 1.807) is 6.20 Å². The van der Waals surface area contributed by atoms with Crippen LogP contribution < -0.4 is 10.2 Å². The maximum atomic E-state index is 11.8. The minimum absolute atomic E-state index is 0.491. The third-order valence-corrected chi connectivity index (χ3v) is 4.59. The number of hydrogen-bond acceptors (Lipinski definition) is 5. The van der Waals surface area contributed by atoms with E-state index in [4.69, 9.17) is 4.74 Å². The first-order valence-electron chi connectivity index (χ1n) is 10.0. The van der Waals surface area contributed by atoms with E-state index in [1.807, 2.05) is 39.0 Å². The Morgan fingerprint density at radius 1 is 1.10 bits per heavy atom. The first kappa shape index (κ1) is 20.9. The second-order valence-electron chi connectivity index (χ2n) is 8.13. The lowest BCUT2D eigenvalue weighted by molar-refractivity contribution is 0.0635. The van der Waals surface area contributed by atoms with Crippen LogP contribution in [0.15, 0.2) is 54.7 Å². The summed E-state index contributed by atoms with van der Waals surface area (Å²) < 4.78 is 5.25. The highest BCUT2D eigenvalue weighted by Crippen LogP contribution is 2.18. The molecule has 1 saturated heterocycles. The molecule has 1 aromatic heterocycles. The van der Waals surface area contributed by atoms with Crippen LogP contribution >= 0.6 is 0 Å². The summed E-state index contributed by atoms with van der Waals surface area (Å²) in [6, 6.07) is 14.2. The molecule has 3 rings (SSSR count). The smallest absolute Gasteiger partial charge is 0.413 e. The van der Waals surface area contributed by atoms with Crippen molar-refractivity contribution in [3.05, 3.63) is 60.3 Å². The lowest BCUT2D eigenvalue weighted by atomic mass is 10.2. The normalized spacial score (nSPS) is 15.5. The Morgan fingerprint density at radius 2 is 1.83 bits per heavy atom. The van der Waals surface area contributed by atoms with E-state index in [2.05, 4.69) is 56.5 Å². The molecule has 29 heavy (non-hydrogen) atoms. The largest absolute Gasteiger partial charge is 0.444 e. The number of pyridine rings is 1. The standard InChI is InChI=1S/C23H30N4O2/c1-23(2,3)29-22(28)25-21-12-11-20(18-24-21)27-16-14-26(15-17-27)13-7-10-19-8-5-4-6-9-19/h4-12,18H,13-17H2,1-3H3,(H,24,25,28)/b10-7+. The molecule has 0 saturated carbocycles. The summed E-state index contributed by atoms with van der Waals surface area (Å²) in [4.78, 5) is 20.9. The Balaban J connectivity index is 1.44. The lowest BCUT2D eigenvalue weighted by Crippen LogP contribution is -2.46. The zero-order valence-corrected chi connectivity index (χ0v) is 17.5. The zero-order chi connectivity index (χ0) is 20.7. The minimum Gasteiger partial charge on any atom is -0.444 e. The van der Waals surface area contributed by atoms with Gasteiger partial charge in [0.2, 0.25) is 0 Å². The summed E-state index contributed by atoms with van der Waals surface area (Å²) in [6.07, 6.45) is 5.71. The minimum atomic E-state index is -0.528. The van der Waals surface area contributed by atoms with Crippen molar-refractivity contribution in [3.8, 4) is 0 Å². The lowest BCUT2D eigenvalue weighted by Gasteiger charge is -2.35. The van der Waals surface area contributed by atoms with Gasteiger partial charge in [0.05, 0.1) is 11.9 Å². The van der Waals surface area contributed by atoms with Gasteiger partial charge < -0.3 is 9.64 Å². The fourth-order valence-electron chi connectivity index (χ4n) is 3.15. The van der Waals surface area contributed by atoms with Crippen molar-refractivity contribution in [3.63, 3.8) is 0 Å². The Labute approximate surface area is 173 Å². The van der Waals surface area contributed by atoms with Crippen LogP contribution in [-0.2, 0) is 4.74 Å². The molecule has 1 aromatic carbocycles. The topological polar surface area (TPSA) is 57.7 Å². The summed E-state index contributed by atoms with van der Waals surface area (Å²) in [7, 11) is 0. The molecule has 0 bridgehead atoms. The van der Waals surface area contributed by atoms with Gasteiger partial charge in [0.25, 0.3) is 0 Å². The molecule has 1 aliphatic rings. The van der Waals surface area contributed by atoms with Crippen LogP contribution in [0.5, 0.6) is 0 Å². The number of ether oxygens (including phenoxy) is 1. The molecule has 154 valence electrons. The van der Waals surface area contributed by atoms with Crippen molar-refractivity contribution >= 4 is 23.7 Å². The number of nitrogens with one attached hydrogen (secondary N) is 1. The Bertz CT molecular complexity index is 805. The molecule has 2 heterocycles. The molecule has 0 radical (unpaired) electrons. The van der Waals surface area contributed by atoms with Gasteiger partial charge in [0.1, 0.15) is 11.4 Å². The molecule has 0 unspecified atom stereocenters. The van der Waals surface area contributed by atoms with Crippen LogP contribution in [0.2, 0.25) is 0 Å². The number of carbonyl (C=O) groups is 1. The van der Waals surface area contributed by atoms with Crippen molar-refractivity contribution in [2.75, 3.05) is 42.9 Å². The van der Waals surface area contributed by atoms with E-state index >= 15 is 0 Å². The van der Waals surface area contributed by atoms with Crippen molar-refractivity contribution < 1.29 is 9.53 Å². The molecule has 1 amide bonds. The van der Waals surface area contributed by atoms with Crippen LogP contribution in [0.25, 0.3) is 6.08 Å². The molecule has 0 spiro atoms. The maximum absolute atomic E-state index is 11.8. The monoisotopic (exact) mass is 394 g/mol. The van der Waals surface area contributed by atoms with Gasteiger partial charge in [-0.2, -0.15) is 0 Å². The number of rotatable bonds is 5. The zero-order valence-electron chi connectivity index (χ0n) is 17.5. The summed E-state index contributed by atoms with van der Waals surface area (Å²) in [6.45, 7) is 10.4. The molecule has 2 aromatic rings. The van der Waals surface area contributed by atoms with Crippen LogP contribution in [0.3, 0.4) is 0 Å². The molecule has 1 N–H and O–H groups in total. The van der Waals surface area contributed by atoms with Gasteiger partial charge >= 0.3 is 6.09 Å². The van der Waals surface area contributed by atoms with E-state index in [1.165, 1.54) is 5.56 Å². The number of carbonyl (C=O) groups excluding carboxylic acids is 1. The van der Waals surface area contributed by atoms with Crippen molar-refractivity contribution in [2.45, 2.75) is 26.4 Å². The highest BCUT2D eigenvalue weighted by atomic mass is 16.6. The molecule has 1 aliphatic heterocycles. The number of piperazine rings is 1. The van der Waals surface area contributed by atoms with E-state index in [0.29, 0.717) is 5.82 Å². The fourth-order valence-corrected chi connectivity index (χ4v) is 3.15. The SMILES string of the molecule is CC(C)(C)OC(=O)Nc1ccc(N2CCN(C/C=C/c3ccccc3)CC2)cn1. The Hall–Kier alpha value is -2.86. The van der Waals surface area contributed by atoms with Crippen molar-refractivity contribution in [1.29, 1.82) is 0 Å². The quantitative estimate of drug-likeness (QED) is 0.821. The Kier molecular flexibility index (Phi) is 6.88. The predicted octanol–water partition coefficient (Wildman–Crippen LogP) is 4.26. The van der Waals surface area contributed by atoms with E-state index < -0.39 is 11.7 Å². The first-order chi connectivity index (χ1) is 13.9. The van der Waals surface area contributed by atoms with Crippen LogP contribution in [0.1, 0.15) is 26.3 Å². The molecular formula is C23H30N4O2. The third kappa shape index (κ3) is 6.91. The van der Waals surface area contributed by atoms with Gasteiger partial charge in [-0.15, -0.1) is 0 Å². The highest BCUT2D eigenvalue weighted by Gasteiger charge is 2.18. The number of amides is 1. The van der Waals surface area contributed by atoms with Gasteiger partial charge in [0, 0.05) is 32.7 Å². The number of benzene rings is 1. The van der Waals surface area contributed by atoms with Crippen LogP contribution in [0, 0.1) is 0 Å². The van der Waals surface area contributed by atoms with Crippen LogP contribution in [0.4, 0.5) is 16.3 Å². The molecule has 6 nitrogen and oxygen atoms in total. The molecular weight excluding hydrogens is 364 g/mol. The number of aromatic nitrogens is 1. The summed E-state index contributed by atoms with van der Waals surface area (Å²) >= 11 is 0. The average molecular weight is 395 g/mol. The van der Waals surface area contributed by atoms with E-state index in [0.717, 1.165) is 38.4 Å². The van der Waals surface area contributed by atoms with Gasteiger partial charge in [-0.1, -0.05) is 42.5 Å². The van der Waals surface area contributed by atoms with Crippen LogP contribution in [-0.4, -0.2) is 54.3 Å². The van der Waals surface area contributed by atoms with E-state index in [9.17, 15) is 4.79 Å². The van der Waals surface area contributed by atoms with E-state index in [-0.39, 0.29) is 0 Å². The maximum Gasteiger partial charge on any atom is 0.413 e. The van der Waals surface area contributed by atoms with Gasteiger partial charge in [-0.25, -0.2) is 9.78 Å². The summed E-state index contributed by atoms with van der Waals surface area (Å²) in [5, 5.41) is 2.67. The number of nitrogens with zero attached hydrogens (tertiary/aromatic N) is 3. The fraction of sp³-hybridized carbons (Fsp3) is 0.391. The molecule has 0 atom stereocenters. The van der Waals surface area contributed by atoms with Crippen molar-refractivity contribution in [2.24, 2.45) is 0 Å². The second-order valence-corrected chi connectivity index (χ2v) is 8.13. The second kappa shape index (κ2) is 9.56. The average Bonchev–Trinajstić information content (AvgIpc) is 2.68. The summed E-state index contributed by atoms with van der Waals surface area (Å²) in [5.41, 5.74) is 1.77. The Morgan fingerprint density at radius 3 is 2.45 bits per heavy atom. The molecule has 6 heteroatoms. The number of anilines is 2. The third-order valence-electron chi connectivity index (χ3n) is 4.59. The first-order valence-corrected chi connectivity index (χ1v) is 10.0. The predicted molar refractivity (Wildman–Crippen MR) is 118 cm³/mol. The van der Waals surface area contributed by atoms with Gasteiger partial charge in [-0.3, -0.25) is 10.2 Å². The molecule has 1 fully saturated rings. The highest BCUT2D eigenvalue weighted by molar-refractivity contribution is 5.83. The summed E-state index contributed by atoms with van der Waals surface area (Å²) in [5.74, 6) is 0.493. The van der Waals surface area contributed by atoms with Crippen molar-refractivity contribution in [1.82, 2.24) is 9.88 Å². The van der Waals surface area contributed by atoms with Gasteiger partial charge in [-0.05, 0) is 38.5 Å². The number of hydrogen-bond donors (Lipinski definition) is 1.